The van der Waals surface area contributed by atoms with Crippen LogP contribution in [0.25, 0.3) is 16.7 Å². The molecule has 1 aromatic heterocycles. The maximum absolute atomic E-state index is 12.4. The molecule has 8 heteroatoms. The lowest BCUT2D eigenvalue weighted by Gasteiger charge is -2.12. The molecule has 0 aliphatic carbocycles. The molecule has 1 amide bonds. The van der Waals surface area contributed by atoms with Crippen molar-refractivity contribution in [3.8, 4) is 5.75 Å². The standard InChI is InChI=1S/C17H17F2N3O3/c1-9(20)15(17(24)21-2)16(23)10-3-4-12-11(7-10)13(5-6-22-12)25-8-14(18)19/h3-7,14,20,23H,8H2,1-2H3,(H,21,24). The Hall–Kier alpha value is -3.03. The van der Waals surface area contributed by atoms with E-state index in [1.54, 1.807) is 6.07 Å². The predicted molar refractivity (Wildman–Crippen MR) is 90.3 cm³/mol. The molecule has 0 aliphatic heterocycles. The quantitative estimate of drug-likeness (QED) is 0.424. The molecule has 1 aromatic carbocycles. The first-order chi connectivity index (χ1) is 11.8. The number of alkyl halides is 2. The average molecular weight is 349 g/mol. The molecule has 0 fully saturated rings. The molecule has 25 heavy (non-hydrogen) atoms. The molecule has 0 saturated heterocycles. The molecule has 132 valence electrons. The van der Waals surface area contributed by atoms with Gasteiger partial charge in [-0.1, -0.05) is 0 Å². The van der Waals surface area contributed by atoms with E-state index in [9.17, 15) is 18.7 Å². The van der Waals surface area contributed by atoms with Crippen molar-refractivity contribution in [2.45, 2.75) is 13.3 Å². The van der Waals surface area contributed by atoms with E-state index in [1.807, 2.05) is 0 Å². The number of benzene rings is 1. The summed E-state index contributed by atoms with van der Waals surface area (Å²) < 4.78 is 29.9. The lowest BCUT2D eigenvalue weighted by Crippen LogP contribution is -2.24. The van der Waals surface area contributed by atoms with E-state index in [4.69, 9.17) is 10.1 Å². The summed E-state index contributed by atoms with van der Waals surface area (Å²) in [7, 11) is 1.39. The minimum Gasteiger partial charge on any atom is -0.506 e. The highest BCUT2D eigenvalue weighted by atomic mass is 19.3. The van der Waals surface area contributed by atoms with Crippen molar-refractivity contribution in [3.63, 3.8) is 0 Å². The molecule has 0 atom stereocenters. The van der Waals surface area contributed by atoms with Crippen LogP contribution in [-0.2, 0) is 4.79 Å². The van der Waals surface area contributed by atoms with Crippen molar-refractivity contribution in [3.05, 3.63) is 41.6 Å². The van der Waals surface area contributed by atoms with E-state index in [0.717, 1.165) is 0 Å². The minimum atomic E-state index is -2.62. The molecular weight excluding hydrogens is 332 g/mol. The summed E-state index contributed by atoms with van der Waals surface area (Å²) in [5, 5.41) is 20.9. The van der Waals surface area contributed by atoms with Crippen LogP contribution < -0.4 is 10.1 Å². The number of ether oxygens (including phenoxy) is 1. The van der Waals surface area contributed by atoms with Gasteiger partial charge in [-0.2, -0.15) is 0 Å². The number of hydrogen-bond acceptors (Lipinski definition) is 5. The van der Waals surface area contributed by atoms with Gasteiger partial charge in [0, 0.05) is 29.9 Å². The molecule has 2 aromatic rings. The number of aromatic nitrogens is 1. The van der Waals surface area contributed by atoms with E-state index < -0.39 is 24.7 Å². The van der Waals surface area contributed by atoms with Gasteiger partial charge in [-0.25, -0.2) is 8.78 Å². The Bertz CT molecular complexity index is 850. The van der Waals surface area contributed by atoms with Gasteiger partial charge in [0.25, 0.3) is 12.3 Å². The Morgan fingerprint density at radius 2 is 2.12 bits per heavy atom. The van der Waals surface area contributed by atoms with Gasteiger partial charge in [-0.15, -0.1) is 0 Å². The van der Waals surface area contributed by atoms with E-state index in [0.29, 0.717) is 10.9 Å². The number of nitrogens with one attached hydrogen (secondary N) is 2. The van der Waals surface area contributed by atoms with Crippen LogP contribution in [0.4, 0.5) is 8.78 Å². The highest BCUT2D eigenvalue weighted by Crippen LogP contribution is 2.28. The number of halogens is 2. The Labute approximate surface area is 142 Å². The Balaban J connectivity index is 2.57. The van der Waals surface area contributed by atoms with Crippen molar-refractivity contribution in [2.75, 3.05) is 13.7 Å². The van der Waals surface area contributed by atoms with Gasteiger partial charge in [0.1, 0.15) is 23.7 Å². The summed E-state index contributed by atoms with van der Waals surface area (Å²) >= 11 is 0. The fraction of sp³-hybridized carbons (Fsp3) is 0.235. The number of rotatable bonds is 6. The van der Waals surface area contributed by atoms with Crippen LogP contribution in [-0.4, -0.2) is 41.8 Å². The van der Waals surface area contributed by atoms with Gasteiger partial charge >= 0.3 is 0 Å². The number of nitrogens with zero attached hydrogens (tertiary/aromatic N) is 1. The van der Waals surface area contributed by atoms with Gasteiger partial charge in [-0.3, -0.25) is 9.78 Å². The Morgan fingerprint density at radius 1 is 1.40 bits per heavy atom. The molecule has 6 nitrogen and oxygen atoms in total. The lowest BCUT2D eigenvalue weighted by molar-refractivity contribution is -0.116. The topological polar surface area (TPSA) is 95.3 Å². The van der Waals surface area contributed by atoms with Crippen molar-refractivity contribution < 1.29 is 23.4 Å². The van der Waals surface area contributed by atoms with Crippen LogP contribution in [0.1, 0.15) is 12.5 Å². The number of aliphatic hydroxyl groups excluding tert-OH is 1. The van der Waals surface area contributed by atoms with E-state index in [-0.39, 0.29) is 22.6 Å². The summed E-state index contributed by atoms with van der Waals surface area (Å²) in [6.07, 6.45) is -1.20. The van der Waals surface area contributed by atoms with Crippen LogP contribution in [0.3, 0.4) is 0 Å². The number of fused-ring (bicyclic) bond motifs is 1. The van der Waals surface area contributed by atoms with Crippen molar-refractivity contribution in [2.24, 2.45) is 0 Å². The average Bonchev–Trinajstić information content (AvgIpc) is 2.58. The number of aliphatic hydroxyl groups is 1. The summed E-state index contributed by atoms with van der Waals surface area (Å²) in [5.41, 5.74) is 0.432. The third kappa shape index (κ3) is 4.09. The molecule has 2 rings (SSSR count). The molecule has 0 saturated carbocycles. The fourth-order valence-electron chi connectivity index (χ4n) is 2.27. The molecule has 0 radical (unpaired) electrons. The van der Waals surface area contributed by atoms with Crippen LogP contribution in [0, 0.1) is 5.41 Å². The molecule has 0 unspecified atom stereocenters. The lowest BCUT2D eigenvalue weighted by atomic mass is 10.0. The second kappa shape index (κ2) is 7.69. The highest BCUT2D eigenvalue weighted by molar-refractivity contribution is 6.24. The number of carbonyl (C=O) groups is 1. The van der Waals surface area contributed by atoms with Gasteiger partial charge < -0.3 is 20.6 Å². The molecule has 1 heterocycles. The number of likely N-dealkylation sites (N-methyl/N-ethyl adjacent to an activating group) is 1. The Kier molecular flexibility index (Phi) is 5.63. The predicted octanol–water partition coefficient (Wildman–Crippen LogP) is 2.93. The van der Waals surface area contributed by atoms with Crippen molar-refractivity contribution in [1.82, 2.24) is 10.3 Å². The second-order valence-corrected chi connectivity index (χ2v) is 5.17. The zero-order valence-electron chi connectivity index (χ0n) is 13.6. The molecular formula is C17H17F2N3O3. The van der Waals surface area contributed by atoms with Gasteiger partial charge in [0.05, 0.1) is 5.52 Å². The second-order valence-electron chi connectivity index (χ2n) is 5.17. The number of amides is 1. The van der Waals surface area contributed by atoms with E-state index in [1.165, 1.54) is 38.4 Å². The monoisotopic (exact) mass is 349 g/mol. The summed E-state index contributed by atoms with van der Waals surface area (Å²) in [6.45, 7) is 0.606. The van der Waals surface area contributed by atoms with Gasteiger partial charge in [-0.05, 0) is 31.2 Å². The van der Waals surface area contributed by atoms with Gasteiger partial charge in [0.15, 0.2) is 0 Å². The zero-order valence-corrected chi connectivity index (χ0v) is 13.6. The van der Waals surface area contributed by atoms with Crippen LogP contribution in [0.15, 0.2) is 36.0 Å². The number of carbonyl (C=O) groups excluding carboxylic acids is 1. The SMILES string of the molecule is CNC(=O)C(C(C)=N)=C(O)c1ccc2nccc(OCC(F)F)c2c1. The fourth-order valence-corrected chi connectivity index (χ4v) is 2.27. The van der Waals surface area contributed by atoms with Gasteiger partial charge in [0.2, 0.25) is 0 Å². The van der Waals surface area contributed by atoms with E-state index in [2.05, 4.69) is 10.3 Å². The normalized spacial score (nSPS) is 12.0. The zero-order chi connectivity index (χ0) is 18.6. The maximum Gasteiger partial charge on any atom is 0.272 e. The third-order valence-electron chi connectivity index (χ3n) is 3.41. The third-order valence-corrected chi connectivity index (χ3v) is 3.41. The molecule has 3 N–H and O–H groups in total. The first kappa shape index (κ1) is 18.3. The summed E-state index contributed by atoms with van der Waals surface area (Å²) in [5.74, 6) is -0.809. The molecule has 0 aliphatic rings. The minimum absolute atomic E-state index is 0.114. The van der Waals surface area contributed by atoms with Crippen molar-refractivity contribution >= 4 is 28.3 Å². The first-order valence-electron chi connectivity index (χ1n) is 7.36. The smallest absolute Gasteiger partial charge is 0.272 e. The highest BCUT2D eigenvalue weighted by Gasteiger charge is 2.18. The maximum atomic E-state index is 12.4. The van der Waals surface area contributed by atoms with Crippen molar-refractivity contribution in [1.29, 1.82) is 5.41 Å². The largest absolute Gasteiger partial charge is 0.506 e. The number of hydrogen-bond donors (Lipinski definition) is 3. The first-order valence-corrected chi connectivity index (χ1v) is 7.36. The van der Waals surface area contributed by atoms with Crippen LogP contribution in [0.2, 0.25) is 0 Å². The Morgan fingerprint density at radius 3 is 2.72 bits per heavy atom. The van der Waals surface area contributed by atoms with Crippen LogP contribution in [0.5, 0.6) is 5.75 Å². The van der Waals surface area contributed by atoms with E-state index >= 15 is 0 Å². The molecule has 0 spiro atoms. The summed E-state index contributed by atoms with van der Waals surface area (Å²) in [4.78, 5) is 16.0. The number of pyridine rings is 1. The van der Waals surface area contributed by atoms with Crippen LogP contribution >= 0.6 is 0 Å². The molecule has 0 bridgehead atoms. The summed E-state index contributed by atoms with van der Waals surface area (Å²) in [6, 6.07) is 6.01.